The van der Waals surface area contributed by atoms with Crippen LogP contribution in [0.25, 0.3) is 33.5 Å². The quantitative estimate of drug-likeness (QED) is 0.204. The Labute approximate surface area is 303 Å². The summed E-state index contributed by atoms with van der Waals surface area (Å²) in [6.07, 6.45) is 10.8. The summed E-state index contributed by atoms with van der Waals surface area (Å²) >= 11 is 0. The molecular weight excluding hydrogens is 659 g/mol. The molecule has 1 amide bonds. The third-order valence-electron chi connectivity index (χ3n) is 11.4. The summed E-state index contributed by atoms with van der Waals surface area (Å²) in [6.45, 7) is 6.87. The summed E-state index contributed by atoms with van der Waals surface area (Å²) in [5.74, 6) is 0.306. The molecule has 1 saturated heterocycles. The highest BCUT2D eigenvalue weighted by Gasteiger charge is 2.30. The van der Waals surface area contributed by atoms with E-state index >= 15 is 0 Å². The smallest absolute Gasteiger partial charge is 0.274 e. The molecule has 1 aliphatic carbocycles. The van der Waals surface area contributed by atoms with Crippen molar-refractivity contribution >= 4 is 22.6 Å². The van der Waals surface area contributed by atoms with Gasteiger partial charge in [-0.25, -0.2) is 19.3 Å². The van der Waals surface area contributed by atoms with Crippen LogP contribution in [0, 0.1) is 5.82 Å². The van der Waals surface area contributed by atoms with Crippen LogP contribution in [0.5, 0.6) is 5.75 Å². The highest BCUT2D eigenvalue weighted by molar-refractivity contribution is 5.94. The number of H-pyrrole nitrogens is 2. The molecule has 13 heteroatoms. The Morgan fingerprint density at radius 2 is 1.87 bits per heavy atom. The molecule has 0 spiro atoms. The second-order valence-corrected chi connectivity index (χ2v) is 14.7. The molecular formula is C39H47FN10O2. The lowest BCUT2D eigenvalue weighted by Gasteiger charge is -2.38. The van der Waals surface area contributed by atoms with Crippen LogP contribution in [0.4, 0.5) is 10.2 Å². The molecule has 3 N–H and O–H groups in total. The lowest BCUT2D eigenvalue weighted by molar-refractivity contribution is 0.0725. The highest BCUT2D eigenvalue weighted by atomic mass is 19.1. The first kappa shape index (κ1) is 34.2. The Bertz CT molecular complexity index is 2070. The minimum Gasteiger partial charge on any atom is -0.505 e. The zero-order chi connectivity index (χ0) is 35.9. The van der Waals surface area contributed by atoms with Crippen molar-refractivity contribution in [3.05, 3.63) is 71.2 Å². The molecule has 5 aromatic rings. The first-order valence-corrected chi connectivity index (χ1v) is 18.6. The van der Waals surface area contributed by atoms with E-state index in [0.29, 0.717) is 55.2 Å². The average molecular weight is 707 g/mol. The minimum atomic E-state index is -0.650. The van der Waals surface area contributed by atoms with Gasteiger partial charge >= 0.3 is 0 Å². The number of rotatable bonds is 7. The highest BCUT2D eigenvalue weighted by Crippen LogP contribution is 2.34. The lowest BCUT2D eigenvalue weighted by atomic mass is 9.89. The molecule has 1 saturated carbocycles. The number of aromatic nitrogens is 6. The second-order valence-electron chi connectivity index (χ2n) is 14.7. The second kappa shape index (κ2) is 14.3. The van der Waals surface area contributed by atoms with E-state index in [9.17, 15) is 14.3 Å². The van der Waals surface area contributed by atoms with Crippen molar-refractivity contribution in [1.29, 1.82) is 0 Å². The third kappa shape index (κ3) is 6.63. The van der Waals surface area contributed by atoms with Crippen molar-refractivity contribution in [1.82, 2.24) is 44.8 Å². The molecule has 12 nitrogen and oxygen atoms in total. The van der Waals surface area contributed by atoms with Gasteiger partial charge in [-0.1, -0.05) is 13.0 Å². The molecule has 0 radical (unpaired) electrons. The zero-order valence-corrected chi connectivity index (χ0v) is 30.2. The van der Waals surface area contributed by atoms with Gasteiger partial charge in [0.05, 0.1) is 30.1 Å². The normalized spacial score (nSPS) is 20.0. The number of phenolic OH excluding ortho intramolecular Hbond substituents is 1. The predicted molar refractivity (Wildman–Crippen MR) is 199 cm³/mol. The van der Waals surface area contributed by atoms with Gasteiger partial charge in [0.2, 0.25) is 0 Å². The van der Waals surface area contributed by atoms with Gasteiger partial charge in [0.15, 0.2) is 17.4 Å². The molecule has 3 aromatic heterocycles. The maximum Gasteiger partial charge on any atom is 0.274 e. The zero-order valence-electron chi connectivity index (χ0n) is 30.2. The van der Waals surface area contributed by atoms with Crippen LogP contribution < -0.4 is 4.90 Å². The molecule has 3 aliphatic rings. The fourth-order valence-corrected chi connectivity index (χ4v) is 8.34. The van der Waals surface area contributed by atoms with E-state index in [1.807, 2.05) is 25.1 Å². The summed E-state index contributed by atoms with van der Waals surface area (Å²) in [7, 11) is 4.39. The number of nitrogens with one attached hydrogen (secondary N) is 2. The minimum absolute atomic E-state index is 0.153. The number of halogens is 1. The average Bonchev–Trinajstić information content (AvgIpc) is 3.71. The number of phenols is 1. The molecule has 5 heterocycles. The molecule has 2 aliphatic heterocycles. The Morgan fingerprint density at radius 3 is 2.63 bits per heavy atom. The van der Waals surface area contributed by atoms with E-state index in [0.717, 1.165) is 77.4 Å². The number of fused-ring (bicyclic) bond motifs is 2. The Morgan fingerprint density at radius 1 is 1.02 bits per heavy atom. The van der Waals surface area contributed by atoms with Crippen molar-refractivity contribution in [3.8, 4) is 28.4 Å². The van der Waals surface area contributed by atoms with Gasteiger partial charge < -0.3 is 24.8 Å². The topological polar surface area (TPSA) is 133 Å². The van der Waals surface area contributed by atoms with Crippen LogP contribution >= 0.6 is 0 Å². The number of aromatic hydroxyl groups is 1. The van der Waals surface area contributed by atoms with Crippen molar-refractivity contribution in [2.75, 3.05) is 51.7 Å². The largest absolute Gasteiger partial charge is 0.505 e. The predicted octanol–water partition coefficient (Wildman–Crippen LogP) is 5.40. The van der Waals surface area contributed by atoms with Gasteiger partial charge in [0.1, 0.15) is 17.2 Å². The molecule has 2 fully saturated rings. The molecule has 52 heavy (non-hydrogen) atoms. The Balaban J connectivity index is 0.911. The fraction of sp³-hybridized carbons (Fsp3) is 0.462. The molecule has 272 valence electrons. The van der Waals surface area contributed by atoms with Gasteiger partial charge in [0.25, 0.3) is 5.91 Å². The number of nitrogens with zero attached hydrogens (tertiary/aromatic N) is 8. The molecule has 8 rings (SSSR count). The van der Waals surface area contributed by atoms with Crippen LogP contribution in [0.1, 0.15) is 66.5 Å². The van der Waals surface area contributed by atoms with Crippen LogP contribution in [0.15, 0.2) is 42.7 Å². The summed E-state index contributed by atoms with van der Waals surface area (Å²) in [6, 6.07) is 10.1. The van der Waals surface area contributed by atoms with Crippen molar-refractivity contribution in [2.45, 2.75) is 70.5 Å². The van der Waals surface area contributed by atoms with Crippen molar-refractivity contribution in [2.24, 2.45) is 0 Å². The standard InChI is InChI=1S/C39H47FN10O2/c1-4-24-19-35(51)30(40)20-29(24)25-6-11-28-32(18-25)45-46-37(28)38-43-31-12-15-50(23-34(31)44-38)39(52)33-21-42-36(22-41-33)49-14-5-13-48(16-17-49)27-9-7-26(8-10-27)47(2)3/h6,11,18-22,26-27,51H,4-5,7-10,12-17,23H2,1-3H3,(H,43,44)(H,45,46)/t26-,27-. The van der Waals surface area contributed by atoms with Crippen LogP contribution in [0.2, 0.25) is 0 Å². The van der Waals surface area contributed by atoms with Gasteiger partial charge in [-0.2, -0.15) is 5.10 Å². The SMILES string of the molecule is CCc1cc(O)c(F)cc1-c1ccc2c(-c3nc4c([nH]3)CCN(C(=O)c3cnc(N5CCCN([C@H]6CC[C@H](N(C)C)CC6)CC5)cn3)C4)n[nH]c2c1. The number of anilines is 1. The van der Waals surface area contributed by atoms with E-state index in [2.05, 4.69) is 49.0 Å². The van der Waals surface area contributed by atoms with Crippen molar-refractivity contribution < 1.29 is 14.3 Å². The van der Waals surface area contributed by atoms with Crippen LogP contribution in [-0.2, 0) is 19.4 Å². The summed E-state index contributed by atoms with van der Waals surface area (Å²) in [4.78, 5) is 40.3. The number of hydrogen-bond donors (Lipinski definition) is 3. The molecule has 0 bridgehead atoms. The number of hydrogen-bond acceptors (Lipinski definition) is 9. The van der Waals surface area contributed by atoms with E-state index in [1.165, 1.54) is 37.8 Å². The number of aryl methyl sites for hydroxylation is 1. The molecule has 2 aromatic carbocycles. The number of aromatic amines is 2. The van der Waals surface area contributed by atoms with Gasteiger partial charge in [-0.15, -0.1) is 0 Å². The maximum atomic E-state index is 14.3. The van der Waals surface area contributed by atoms with Gasteiger partial charge in [0, 0.05) is 62.3 Å². The monoisotopic (exact) mass is 706 g/mol. The van der Waals surface area contributed by atoms with Crippen LogP contribution in [0.3, 0.4) is 0 Å². The first-order valence-electron chi connectivity index (χ1n) is 18.6. The number of amides is 1. The fourth-order valence-electron chi connectivity index (χ4n) is 8.34. The first-order chi connectivity index (χ1) is 25.2. The molecule has 0 atom stereocenters. The Kier molecular flexibility index (Phi) is 9.39. The van der Waals surface area contributed by atoms with E-state index in [4.69, 9.17) is 9.97 Å². The number of benzene rings is 2. The summed E-state index contributed by atoms with van der Waals surface area (Å²) in [5, 5.41) is 18.4. The molecule has 0 unspecified atom stereocenters. The van der Waals surface area contributed by atoms with E-state index in [1.54, 1.807) is 17.3 Å². The van der Waals surface area contributed by atoms with Crippen LogP contribution in [-0.4, -0.2) is 115 Å². The van der Waals surface area contributed by atoms with Gasteiger partial charge in [-0.05, 0) is 93.6 Å². The number of carbonyl (C=O) groups excluding carboxylic acids is 1. The van der Waals surface area contributed by atoms with E-state index < -0.39 is 5.82 Å². The van der Waals surface area contributed by atoms with Crippen molar-refractivity contribution in [3.63, 3.8) is 0 Å². The van der Waals surface area contributed by atoms with Gasteiger partial charge in [-0.3, -0.25) is 14.8 Å². The Hall–Kier alpha value is -4.88. The summed E-state index contributed by atoms with van der Waals surface area (Å²) in [5.41, 5.74) is 6.02. The third-order valence-corrected chi connectivity index (χ3v) is 11.4. The number of imidazole rings is 1. The maximum absolute atomic E-state index is 14.3. The summed E-state index contributed by atoms with van der Waals surface area (Å²) < 4.78 is 14.3. The lowest BCUT2D eigenvalue weighted by Crippen LogP contribution is -2.43. The number of carbonyl (C=O) groups is 1. The van der Waals surface area contributed by atoms with E-state index in [-0.39, 0.29) is 11.7 Å².